The Balaban J connectivity index is 0.00000220. The first kappa shape index (κ1) is 20.1. The second-order valence-electron chi connectivity index (χ2n) is 4.31. The molecule has 0 amide bonds. The van der Waals surface area contributed by atoms with Crippen LogP contribution < -0.4 is 20.5 Å². The zero-order valence-corrected chi connectivity index (χ0v) is 14.2. The minimum absolute atomic E-state index is 0. The standard InChI is InChI=1S/C15H19N3O2.2ClH/c1-19-13-6-5-11(10-14(13)20-2)7-9-18-15-12(16)4-3-8-17-15;;/h3-6,8,10H,7,9,16H2,1-2H3,(H,17,18);2*1H. The van der Waals surface area contributed by atoms with Crippen molar-refractivity contribution in [1.29, 1.82) is 0 Å². The molecule has 0 fully saturated rings. The van der Waals surface area contributed by atoms with E-state index in [4.69, 9.17) is 15.2 Å². The van der Waals surface area contributed by atoms with Crippen molar-refractivity contribution < 1.29 is 9.47 Å². The molecule has 122 valence electrons. The Morgan fingerprint density at radius 1 is 1.09 bits per heavy atom. The molecule has 1 aromatic carbocycles. The van der Waals surface area contributed by atoms with Crippen LogP contribution in [0, 0.1) is 0 Å². The fourth-order valence-corrected chi connectivity index (χ4v) is 1.93. The second kappa shape index (κ2) is 9.97. The molecule has 0 aliphatic rings. The van der Waals surface area contributed by atoms with Gasteiger partial charge in [0.15, 0.2) is 11.5 Å². The minimum Gasteiger partial charge on any atom is -0.493 e. The van der Waals surface area contributed by atoms with E-state index >= 15 is 0 Å². The molecule has 0 aliphatic carbocycles. The van der Waals surface area contributed by atoms with Crippen LogP contribution in [0.5, 0.6) is 11.5 Å². The maximum absolute atomic E-state index is 5.82. The smallest absolute Gasteiger partial charge is 0.160 e. The fourth-order valence-electron chi connectivity index (χ4n) is 1.93. The van der Waals surface area contributed by atoms with Gasteiger partial charge in [0.25, 0.3) is 0 Å². The highest BCUT2D eigenvalue weighted by Crippen LogP contribution is 2.27. The number of anilines is 2. The summed E-state index contributed by atoms with van der Waals surface area (Å²) in [4.78, 5) is 4.19. The maximum Gasteiger partial charge on any atom is 0.160 e. The summed E-state index contributed by atoms with van der Waals surface area (Å²) < 4.78 is 10.5. The molecular formula is C15H21Cl2N3O2. The van der Waals surface area contributed by atoms with E-state index in [1.807, 2.05) is 30.3 Å². The van der Waals surface area contributed by atoms with Crippen LogP contribution in [0.3, 0.4) is 0 Å². The molecule has 7 heteroatoms. The maximum atomic E-state index is 5.82. The van der Waals surface area contributed by atoms with Crippen LogP contribution in [0.1, 0.15) is 5.56 Å². The van der Waals surface area contributed by atoms with Gasteiger partial charge in [0, 0.05) is 12.7 Å². The molecule has 22 heavy (non-hydrogen) atoms. The Kier molecular flexibility index (Phi) is 9.13. The third-order valence-corrected chi connectivity index (χ3v) is 2.99. The Morgan fingerprint density at radius 3 is 2.45 bits per heavy atom. The average Bonchev–Trinajstić information content (AvgIpc) is 2.49. The van der Waals surface area contributed by atoms with Gasteiger partial charge in [-0.2, -0.15) is 0 Å². The van der Waals surface area contributed by atoms with Crippen LogP contribution in [-0.2, 0) is 6.42 Å². The molecule has 0 saturated heterocycles. The summed E-state index contributed by atoms with van der Waals surface area (Å²) in [5, 5.41) is 3.22. The summed E-state index contributed by atoms with van der Waals surface area (Å²) in [6, 6.07) is 9.54. The van der Waals surface area contributed by atoms with Gasteiger partial charge in [-0.05, 0) is 36.2 Å². The van der Waals surface area contributed by atoms with Crippen molar-refractivity contribution in [3.8, 4) is 11.5 Å². The number of nitrogens with zero attached hydrogens (tertiary/aromatic N) is 1. The summed E-state index contributed by atoms with van der Waals surface area (Å²) in [6.45, 7) is 0.747. The number of nitrogens with two attached hydrogens (primary N) is 1. The number of methoxy groups -OCH3 is 2. The van der Waals surface area contributed by atoms with E-state index in [-0.39, 0.29) is 24.8 Å². The number of nitrogens with one attached hydrogen (secondary N) is 1. The predicted octanol–water partition coefficient (Wildman–Crippen LogP) is 3.18. The summed E-state index contributed by atoms with van der Waals surface area (Å²) in [5.41, 5.74) is 7.63. The number of ether oxygens (including phenoxy) is 2. The van der Waals surface area contributed by atoms with Crippen LogP contribution >= 0.6 is 24.8 Å². The normalized spacial score (nSPS) is 9.18. The zero-order valence-electron chi connectivity index (χ0n) is 12.5. The lowest BCUT2D eigenvalue weighted by Gasteiger charge is -2.11. The fraction of sp³-hybridized carbons (Fsp3) is 0.267. The summed E-state index contributed by atoms with van der Waals surface area (Å²) >= 11 is 0. The van der Waals surface area contributed by atoms with E-state index in [1.165, 1.54) is 0 Å². The lowest BCUT2D eigenvalue weighted by atomic mass is 10.1. The summed E-state index contributed by atoms with van der Waals surface area (Å²) in [7, 11) is 3.26. The molecular weight excluding hydrogens is 325 g/mol. The number of nitrogen functional groups attached to an aromatic ring is 1. The van der Waals surface area contributed by atoms with Crippen molar-refractivity contribution in [1.82, 2.24) is 4.98 Å². The number of aromatic nitrogens is 1. The lowest BCUT2D eigenvalue weighted by molar-refractivity contribution is 0.354. The van der Waals surface area contributed by atoms with E-state index in [0.29, 0.717) is 11.5 Å². The molecule has 2 rings (SSSR count). The van der Waals surface area contributed by atoms with Crippen molar-refractivity contribution in [3.63, 3.8) is 0 Å². The quantitative estimate of drug-likeness (QED) is 0.841. The largest absolute Gasteiger partial charge is 0.493 e. The number of rotatable bonds is 6. The Labute approximate surface area is 143 Å². The van der Waals surface area contributed by atoms with Crippen LogP contribution in [0.15, 0.2) is 36.5 Å². The molecule has 0 radical (unpaired) electrons. The average molecular weight is 346 g/mol. The Morgan fingerprint density at radius 2 is 1.82 bits per heavy atom. The highest BCUT2D eigenvalue weighted by molar-refractivity contribution is 5.85. The SMILES string of the molecule is COc1ccc(CCNc2ncccc2N)cc1OC.Cl.Cl. The third kappa shape index (κ3) is 5.16. The van der Waals surface area contributed by atoms with Gasteiger partial charge in [0.2, 0.25) is 0 Å². The monoisotopic (exact) mass is 345 g/mol. The van der Waals surface area contributed by atoms with Gasteiger partial charge in [-0.1, -0.05) is 6.07 Å². The van der Waals surface area contributed by atoms with E-state index in [0.717, 1.165) is 30.0 Å². The lowest BCUT2D eigenvalue weighted by Crippen LogP contribution is -2.08. The molecule has 0 bridgehead atoms. The van der Waals surface area contributed by atoms with Crippen molar-refractivity contribution in [2.24, 2.45) is 0 Å². The van der Waals surface area contributed by atoms with E-state index in [1.54, 1.807) is 20.4 Å². The number of benzene rings is 1. The van der Waals surface area contributed by atoms with Gasteiger partial charge < -0.3 is 20.5 Å². The number of hydrogen-bond donors (Lipinski definition) is 2. The van der Waals surface area contributed by atoms with Crippen molar-refractivity contribution in [2.45, 2.75) is 6.42 Å². The molecule has 0 saturated carbocycles. The molecule has 5 nitrogen and oxygen atoms in total. The van der Waals surface area contributed by atoms with Gasteiger partial charge in [-0.3, -0.25) is 0 Å². The molecule has 0 atom stereocenters. The van der Waals surface area contributed by atoms with Crippen LogP contribution in [0.2, 0.25) is 0 Å². The van der Waals surface area contributed by atoms with Crippen molar-refractivity contribution in [2.75, 3.05) is 31.8 Å². The predicted molar refractivity (Wildman–Crippen MR) is 94.9 cm³/mol. The Bertz CT molecular complexity index is 582. The van der Waals surface area contributed by atoms with Crippen LogP contribution in [0.25, 0.3) is 0 Å². The van der Waals surface area contributed by atoms with Gasteiger partial charge in [0.05, 0.1) is 19.9 Å². The van der Waals surface area contributed by atoms with Gasteiger partial charge in [-0.15, -0.1) is 24.8 Å². The highest BCUT2D eigenvalue weighted by Gasteiger charge is 2.05. The molecule has 2 aromatic rings. The van der Waals surface area contributed by atoms with Crippen LogP contribution in [-0.4, -0.2) is 25.7 Å². The van der Waals surface area contributed by atoms with Crippen molar-refractivity contribution in [3.05, 3.63) is 42.1 Å². The number of halogens is 2. The molecule has 3 N–H and O–H groups in total. The topological polar surface area (TPSA) is 69.4 Å². The number of hydrogen-bond acceptors (Lipinski definition) is 5. The molecule has 0 aliphatic heterocycles. The number of pyridine rings is 1. The van der Waals surface area contributed by atoms with E-state index in [9.17, 15) is 0 Å². The van der Waals surface area contributed by atoms with E-state index < -0.39 is 0 Å². The van der Waals surface area contributed by atoms with E-state index in [2.05, 4.69) is 10.3 Å². The summed E-state index contributed by atoms with van der Waals surface area (Å²) in [5.74, 6) is 2.19. The first-order chi connectivity index (χ1) is 9.74. The van der Waals surface area contributed by atoms with Gasteiger partial charge >= 0.3 is 0 Å². The first-order valence-corrected chi connectivity index (χ1v) is 6.40. The molecule has 0 unspecified atom stereocenters. The third-order valence-electron chi connectivity index (χ3n) is 2.99. The van der Waals surface area contributed by atoms with Gasteiger partial charge in [0.1, 0.15) is 5.82 Å². The Hall–Kier alpha value is -1.85. The zero-order chi connectivity index (χ0) is 14.4. The second-order valence-corrected chi connectivity index (χ2v) is 4.31. The highest BCUT2D eigenvalue weighted by atomic mass is 35.5. The van der Waals surface area contributed by atoms with Gasteiger partial charge in [-0.25, -0.2) is 4.98 Å². The molecule has 0 spiro atoms. The summed E-state index contributed by atoms with van der Waals surface area (Å²) in [6.07, 6.45) is 2.56. The van der Waals surface area contributed by atoms with Crippen molar-refractivity contribution >= 4 is 36.3 Å². The van der Waals surface area contributed by atoms with Crippen LogP contribution in [0.4, 0.5) is 11.5 Å². The first-order valence-electron chi connectivity index (χ1n) is 6.40. The minimum atomic E-state index is 0. The molecule has 1 aromatic heterocycles. The molecule has 1 heterocycles.